The largest absolute Gasteiger partial charge is 0.304 e. The SMILES string of the molecule is Cc1cc(C#N)cc(NN2CCN(C)CC2)n1. The van der Waals surface area contributed by atoms with E-state index in [-0.39, 0.29) is 0 Å². The Labute approximate surface area is 102 Å². The molecule has 1 aromatic rings. The molecule has 0 aromatic carbocycles. The highest BCUT2D eigenvalue weighted by Crippen LogP contribution is 2.11. The van der Waals surface area contributed by atoms with Gasteiger partial charge in [-0.15, -0.1) is 0 Å². The van der Waals surface area contributed by atoms with Gasteiger partial charge >= 0.3 is 0 Å². The smallest absolute Gasteiger partial charge is 0.141 e. The maximum absolute atomic E-state index is 8.90. The summed E-state index contributed by atoms with van der Waals surface area (Å²) < 4.78 is 0. The first-order valence-electron chi connectivity index (χ1n) is 5.76. The summed E-state index contributed by atoms with van der Waals surface area (Å²) in [5.41, 5.74) is 4.77. The zero-order valence-electron chi connectivity index (χ0n) is 10.3. The second kappa shape index (κ2) is 5.13. The van der Waals surface area contributed by atoms with E-state index in [1.54, 1.807) is 12.1 Å². The highest BCUT2D eigenvalue weighted by molar-refractivity contribution is 5.43. The lowest BCUT2D eigenvalue weighted by atomic mass is 10.2. The minimum atomic E-state index is 0.647. The van der Waals surface area contributed by atoms with Crippen molar-refractivity contribution in [3.05, 3.63) is 23.4 Å². The van der Waals surface area contributed by atoms with Crippen LogP contribution in [0.1, 0.15) is 11.3 Å². The highest BCUT2D eigenvalue weighted by atomic mass is 15.5. The molecule has 5 heteroatoms. The monoisotopic (exact) mass is 231 g/mol. The maximum Gasteiger partial charge on any atom is 0.141 e. The van der Waals surface area contributed by atoms with E-state index in [0.717, 1.165) is 37.7 Å². The van der Waals surface area contributed by atoms with Crippen LogP contribution >= 0.6 is 0 Å². The van der Waals surface area contributed by atoms with Gasteiger partial charge in [-0.3, -0.25) is 0 Å². The molecule has 1 saturated heterocycles. The van der Waals surface area contributed by atoms with E-state index in [4.69, 9.17) is 5.26 Å². The number of nitrogens with zero attached hydrogens (tertiary/aromatic N) is 4. The average molecular weight is 231 g/mol. The van der Waals surface area contributed by atoms with E-state index in [1.807, 2.05) is 6.92 Å². The fourth-order valence-corrected chi connectivity index (χ4v) is 1.87. The van der Waals surface area contributed by atoms with Gasteiger partial charge in [-0.25, -0.2) is 9.99 Å². The molecule has 0 spiro atoms. The van der Waals surface area contributed by atoms with E-state index in [2.05, 4.69) is 33.4 Å². The highest BCUT2D eigenvalue weighted by Gasteiger charge is 2.14. The lowest BCUT2D eigenvalue weighted by Crippen LogP contribution is -2.47. The molecule has 17 heavy (non-hydrogen) atoms. The molecule has 2 rings (SSSR count). The van der Waals surface area contributed by atoms with Crippen molar-refractivity contribution in [2.24, 2.45) is 0 Å². The van der Waals surface area contributed by atoms with Gasteiger partial charge in [0.15, 0.2) is 0 Å². The quantitative estimate of drug-likeness (QED) is 0.817. The predicted octanol–water partition coefficient (Wildman–Crippen LogP) is 0.836. The number of likely N-dealkylation sites (N-methyl/N-ethyl adjacent to an activating group) is 1. The molecule has 1 fully saturated rings. The number of hydrogen-bond donors (Lipinski definition) is 1. The number of pyridine rings is 1. The van der Waals surface area contributed by atoms with Crippen molar-refractivity contribution in [1.29, 1.82) is 5.26 Å². The van der Waals surface area contributed by atoms with E-state index >= 15 is 0 Å². The molecule has 0 saturated carbocycles. The van der Waals surface area contributed by atoms with Gasteiger partial charge in [0.2, 0.25) is 0 Å². The summed E-state index contributed by atoms with van der Waals surface area (Å²) in [7, 11) is 2.12. The third-order valence-electron chi connectivity index (χ3n) is 2.86. The van der Waals surface area contributed by atoms with Crippen molar-refractivity contribution in [2.75, 3.05) is 38.7 Å². The second-order valence-corrected chi connectivity index (χ2v) is 4.40. The first-order chi connectivity index (χ1) is 8.17. The normalized spacial score (nSPS) is 17.7. The topological polar surface area (TPSA) is 55.2 Å². The molecule has 1 N–H and O–H groups in total. The van der Waals surface area contributed by atoms with Crippen molar-refractivity contribution in [2.45, 2.75) is 6.92 Å². The van der Waals surface area contributed by atoms with Gasteiger partial charge in [-0.1, -0.05) is 0 Å². The molecule has 0 amide bonds. The van der Waals surface area contributed by atoms with Crippen LogP contribution in [0.15, 0.2) is 12.1 Å². The maximum atomic E-state index is 8.90. The number of hydrogen-bond acceptors (Lipinski definition) is 5. The molecule has 0 unspecified atom stereocenters. The van der Waals surface area contributed by atoms with Crippen molar-refractivity contribution < 1.29 is 0 Å². The van der Waals surface area contributed by atoms with Crippen molar-refractivity contribution in [1.82, 2.24) is 14.9 Å². The van der Waals surface area contributed by atoms with E-state index in [0.29, 0.717) is 5.56 Å². The Kier molecular flexibility index (Phi) is 3.57. The average Bonchev–Trinajstić information content (AvgIpc) is 2.31. The molecular weight excluding hydrogens is 214 g/mol. The minimum absolute atomic E-state index is 0.647. The Morgan fingerprint density at radius 2 is 2.00 bits per heavy atom. The van der Waals surface area contributed by atoms with Crippen LogP contribution in [0.5, 0.6) is 0 Å². The summed E-state index contributed by atoms with van der Waals surface area (Å²) in [4.78, 5) is 6.67. The van der Waals surface area contributed by atoms with Gasteiger partial charge in [0, 0.05) is 31.9 Å². The molecule has 0 bridgehead atoms. The van der Waals surface area contributed by atoms with Crippen LogP contribution in [0.4, 0.5) is 5.82 Å². The second-order valence-electron chi connectivity index (χ2n) is 4.40. The predicted molar refractivity (Wildman–Crippen MR) is 66.4 cm³/mol. The Morgan fingerprint density at radius 1 is 1.29 bits per heavy atom. The number of anilines is 1. The van der Waals surface area contributed by atoms with Crippen LogP contribution in [0, 0.1) is 18.3 Å². The lowest BCUT2D eigenvalue weighted by molar-refractivity contribution is 0.178. The molecule has 1 aliphatic rings. The molecule has 0 atom stereocenters. The first-order valence-corrected chi connectivity index (χ1v) is 5.76. The number of aromatic nitrogens is 1. The number of hydrazine groups is 1. The van der Waals surface area contributed by atoms with Gasteiger partial charge in [0.25, 0.3) is 0 Å². The molecular formula is C12H17N5. The molecule has 90 valence electrons. The van der Waals surface area contributed by atoms with Crippen LogP contribution in [0.25, 0.3) is 0 Å². The Bertz CT molecular complexity index is 429. The van der Waals surface area contributed by atoms with E-state index in [9.17, 15) is 0 Å². The van der Waals surface area contributed by atoms with E-state index in [1.165, 1.54) is 0 Å². The first kappa shape index (κ1) is 11.8. The Balaban J connectivity index is 2.03. The summed E-state index contributed by atoms with van der Waals surface area (Å²) in [5.74, 6) is 0.756. The molecule has 0 radical (unpaired) electrons. The van der Waals surface area contributed by atoms with Crippen LogP contribution in [-0.2, 0) is 0 Å². The van der Waals surface area contributed by atoms with Crippen molar-refractivity contribution >= 4 is 5.82 Å². The van der Waals surface area contributed by atoms with Gasteiger partial charge < -0.3 is 10.3 Å². The van der Waals surface area contributed by atoms with Gasteiger partial charge in [-0.2, -0.15) is 5.26 Å². The zero-order valence-corrected chi connectivity index (χ0v) is 10.3. The van der Waals surface area contributed by atoms with Crippen LogP contribution in [-0.4, -0.2) is 48.1 Å². The molecule has 5 nitrogen and oxygen atoms in total. The number of nitrogens with one attached hydrogen (secondary N) is 1. The van der Waals surface area contributed by atoms with Crippen LogP contribution in [0.3, 0.4) is 0 Å². The zero-order chi connectivity index (χ0) is 12.3. The summed E-state index contributed by atoms with van der Waals surface area (Å²) in [5, 5.41) is 11.0. The Morgan fingerprint density at radius 3 is 2.65 bits per heavy atom. The summed E-state index contributed by atoms with van der Waals surface area (Å²) >= 11 is 0. The number of rotatable bonds is 2. The van der Waals surface area contributed by atoms with Gasteiger partial charge in [-0.05, 0) is 26.1 Å². The lowest BCUT2D eigenvalue weighted by Gasteiger charge is -2.32. The molecule has 1 aliphatic heterocycles. The third-order valence-corrected chi connectivity index (χ3v) is 2.86. The number of aryl methyl sites for hydroxylation is 1. The third kappa shape index (κ3) is 3.16. The minimum Gasteiger partial charge on any atom is -0.304 e. The molecule has 2 heterocycles. The Hall–Kier alpha value is -1.64. The summed E-state index contributed by atoms with van der Waals surface area (Å²) in [6.07, 6.45) is 0. The van der Waals surface area contributed by atoms with Crippen molar-refractivity contribution in [3.8, 4) is 6.07 Å². The van der Waals surface area contributed by atoms with Crippen LogP contribution in [0.2, 0.25) is 0 Å². The molecule has 0 aliphatic carbocycles. The fraction of sp³-hybridized carbons (Fsp3) is 0.500. The number of piperazine rings is 1. The summed E-state index contributed by atoms with van der Waals surface area (Å²) in [6, 6.07) is 5.72. The summed E-state index contributed by atoms with van der Waals surface area (Å²) in [6.45, 7) is 5.92. The number of nitriles is 1. The van der Waals surface area contributed by atoms with Gasteiger partial charge in [0.05, 0.1) is 11.6 Å². The van der Waals surface area contributed by atoms with Crippen molar-refractivity contribution in [3.63, 3.8) is 0 Å². The standard InChI is InChI=1S/C12H17N5/c1-10-7-11(9-13)8-12(14-10)15-17-5-3-16(2)4-6-17/h7-8H,3-6H2,1-2H3,(H,14,15). The van der Waals surface area contributed by atoms with Crippen LogP contribution < -0.4 is 5.43 Å². The van der Waals surface area contributed by atoms with E-state index < -0.39 is 0 Å². The van der Waals surface area contributed by atoms with Gasteiger partial charge in [0.1, 0.15) is 5.82 Å². The fourth-order valence-electron chi connectivity index (χ4n) is 1.87. The molecule has 1 aromatic heterocycles.